The zero-order valence-electron chi connectivity index (χ0n) is 4.71. The monoisotopic (exact) mass is 108 g/mol. The van der Waals surface area contributed by atoms with Crippen molar-refractivity contribution in [3.63, 3.8) is 0 Å². The van der Waals surface area contributed by atoms with Gasteiger partial charge in [-0.1, -0.05) is 0 Å². The Balaban J connectivity index is 0.000000490. The number of nitrogens with two attached hydrogens (primary N) is 1. The molecule has 0 aromatic rings. The maximum Gasteiger partial charge on any atom is 1.00 e. The third kappa shape index (κ3) is 0.718. The molecule has 0 atom stereocenters. The van der Waals surface area contributed by atoms with Crippen LogP contribution in [0.4, 0.5) is 0 Å². The molecule has 0 saturated carbocycles. The van der Waals surface area contributed by atoms with Crippen LogP contribution in [0.3, 0.4) is 0 Å². The maximum atomic E-state index is 4.60. The van der Waals surface area contributed by atoms with Crippen LogP contribution in [-0.4, -0.2) is 13.3 Å². The molecule has 1 fully saturated rings. The summed E-state index contributed by atoms with van der Waals surface area (Å²) in [7, 11) is 1.35. The van der Waals surface area contributed by atoms with Crippen LogP contribution in [0.15, 0.2) is 0 Å². The minimum Gasteiger partial charge on any atom is -0.302 e. The molecule has 1 saturated heterocycles. The zero-order valence-corrected chi connectivity index (χ0v) is 3.71. The Morgan fingerprint density at radius 1 is 1.71 bits per heavy atom. The summed E-state index contributed by atoms with van der Waals surface area (Å²) < 4.78 is 4.41. The van der Waals surface area contributed by atoms with Crippen molar-refractivity contribution in [2.45, 2.75) is 6.16 Å². The molecule has 0 aliphatic carbocycles. The molecule has 7 heavy (non-hydrogen) atoms. The summed E-state index contributed by atoms with van der Waals surface area (Å²) in [4.78, 5) is 12.3. The van der Waals surface area contributed by atoms with Crippen LogP contribution in [-0.2, 0) is 19.3 Å². The van der Waals surface area contributed by atoms with Gasteiger partial charge in [0.25, 0.3) is 0 Å². The minimum absolute atomic E-state index is 0. The van der Waals surface area contributed by atoms with Crippen LogP contribution in [0, 0.1) is 0 Å². The topological polar surface area (TPSA) is 69.5 Å². The van der Waals surface area contributed by atoms with Crippen molar-refractivity contribution in [2.24, 2.45) is 5.90 Å². The summed E-state index contributed by atoms with van der Waals surface area (Å²) in [5.74, 6) is 4.60. The van der Waals surface area contributed by atoms with E-state index < -0.39 is 6.16 Å². The van der Waals surface area contributed by atoms with Gasteiger partial charge in [-0.3, -0.25) is 0 Å². The molecule has 0 aromatic carbocycles. The van der Waals surface area contributed by atoms with Gasteiger partial charge in [0.2, 0.25) is 0 Å². The van der Waals surface area contributed by atoms with Crippen LogP contribution in [0.5, 0.6) is 0 Å². The SMILES string of the molecule is COC1(ON)OO1.[H+]. The third-order valence-corrected chi connectivity index (χ3v) is 0.614. The lowest BCUT2D eigenvalue weighted by Gasteiger charge is -1.95. The molecule has 0 unspecified atom stereocenters. The fourth-order valence-corrected chi connectivity index (χ4v) is 0.189. The van der Waals surface area contributed by atoms with Gasteiger partial charge in [-0.25, -0.2) is 10.7 Å². The average Bonchev–Trinajstić information content (AvgIpc) is 2.46. The fourth-order valence-electron chi connectivity index (χ4n) is 0.189. The number of methoxy groups -OCH3 is 1. The molecule has 0 bridgehead atoms. The fraction of sp³-hybridized carbons (Fsp3) is 1.00. The van der Waals surface area contributed by atoms with E-state index in [1.165, 1.54) is 7.11 Å². The van der Waals surface area contributed by atoms with Gasteiger partial charge in [-0.15, -0.1) is 9.78 Å². The highest BCUT2D eigenvalue weighted by molar-refractivity contribution is 4.35. The van der Waals surface area contributed by atoms with Crippen molar-refractivity contribution in [1.82, 2.24) is 0 Å². The molecule has 1 aliphatic rings. The Morgan fingerprint density at radius 2 is 2.29 bits per heavy atom. The van der Waals surface area contributed by atoms with Gasteiger partial charge >= 0.3 is 7.59 Å². The lowest BCUT2D eigenvalue weighted by molar-refractivity contribution is -0.233. The highest BCUT2D eigenvalue weighted by atomic mass is 17.5. The number of rotatable bonds is 2. The van der Waals surface area contributed by atoms with Crippen molar-refractivity contribution < 1.29 is 20.8 Å². The van der Waals surface area contributed by atoms with Crippen LogP contribution >= 0.6 is 0 Å². The quantitative estimate of drug-likeness (QED) is 0.217. The molecule has 0 spiro atoms. The lowest BCUT2D eigenvalue weighted by atomic mass is 11.2. The molecule has 5 nitrogen and oxygen atoms in total. The van der Waals surface area contributed by atoms with E-state index in [1.807, 2.05) is 0 Å². The molecule has 5 heteroatoms. The smallest absolute Gasteiger partial charge is 0.302 e. The summed E-state index contributed by atoms with van der Waals surface area (Å²) >= 11 is 0. The standard InChI is InChI=1S/C2H5NO4/c1-4-2(5-3)6-7-2/h3H2,1H3/p+1. The second kappa shape index (κ2) is 1.39. The molecule has 1 rings (SSSR count). The maximum absolute atomic E-state index is 4.60. The summed E-state index contributed by atoms with van der Waals surface area (Å²) in [5, 5.41) is 0. The van der Waals surface area contributed by atoms with Crippen molar-refractivity contribution in [2.75, 3.05) is 7.11 Å². The van der Waals surface area contributed by atoms with E-state index in [4.69, 9.17) is 0 Å². The first-order valence-electron chi connectivity index (χ1n) is 1.63. The summed E-state index contributed by atoms with van der Waals surface area (Å²) in [5.41, 5.74) is 0. The van der Waals surface area contributed by atoms with E-state index in [-0.39, 0.29) is 1.43 Å². The number of hydrogen-bond donors (Lipinski definition) is 1. The Hall–Kier alpha value is -0.200. The average molecular weight is 108 g/mol. The van der Waals surface area contributed by atoms with Gasteiger partial charge in [0.1, 0.15) is 0 Å². The first-order chi connectivity index (χ1) is 3.33. The molecule has 42 valence electrons. The van der Waals surface area contributed by atoms with E-state index in [1.54, 1.807) is 0 Å². The van der Waals surface area contributed by atoms with Crippen LogP contribution < -0.4 is 5.90 Å². The van der Waals surface area contributed by atoms with Crippen LogP contribution in [0.25, 0.3) is 0 Å². The van der Waals surface area contributed by atoms with Crippen LogP contribution in [0.1, 0.15) is 1.43 Å². The minimum atomic E-state index is -1.39. The molecular formula is C2H6NO4+. The Bertz CT molecular complexity index is 68.4. The summed E-state index contributed by atoms with van der Waals surface area (Å²) in [6.45, 7) is 0. The molecule has 1 heterocycles. The van der Waals surface area contributed by atoms with Crippen molar-refractivity contribution >= 4 is 0 Å². The molecular weight excluding hydrogens is 102 g/mol. The summed E-state index contributed by atoms with van der Waals surface area (Å²) in [6, 6.07) is 0. The normalized spacial score (nSPS) is 24.9. The zero-order chi connectivity index (χ0) is 5.33. The Morgan fingerprint density at radius 3 is 2.29 bits per heavy atom. The van der Waals surface area contributed by atoms with Gasteiger partial charge in [0, 0.05) is 7.11 Å². The summed E-state index contributed by atoms with van der Waals surface area (Å²) in [6.07, 6.45) is -1.39. The molecule has 0 aromatic heterocycles. The number of hydrogen-bond acceptors (Lipinski definition) is 5. The molecule has 0 radical (unpaired) electrons. The van der Waals surface area contributed by atoms with Crippen molar-refractivity contribution in [1.29, 1.82) is 0 Å². The second-order valence-electron chi connectivity index (χ2n) is 0.989. The second-order valence-corrected chi connectivity index (χ2v) is 0.989. The van der Waals surface area contributed by atoms with E-state index in [0.29, 0.717) is 0 Å². The van der Waals surface area contributed by atoms with Crippen molar-refractivity contribution in [3.8, 4) is 0 Å². The predicted octanol–water partition coefficient (Wildman–Crippen LogP) is -0.791. The van der Waals surface area contributed by atoms with Gasteiger partial charge in [-0.2, -0.15) is 0 Å². The predicted molar refractivity (Wildman–Crippen MR) is 18.3 cm³/mol. The van der Waals surface area contributed by atoms with E-state index in [2.05, 4.69) is 25.2 Å². The van der Waals surface area contributed by atoms with Gasteiger partial charge < -0.3 is 4.74 Å². The Kier molecular flexibility index (Phi) is 0.983. The van der Waals surface area contributed by atoms with E-state index >= 15 is 0 Å². The molecule has 1 aliphatic heterocycles. The lowest BCUT2D eigenvalue weighted by Crippen LogP contribution is -2.21. The van der Waals surface area contributed by atoms with Gasteiger partial charge in [-0.05, 0) is 0 Å². The highest BCUT2D eigenvalue weighted by Crippen LogP contribution is 2.28. The van der Waals surface area contributed by atoms with Crippen LogP contribution in [0.2, 0.25) is 0 Å². The van der Waals surface area contributed by atoms with Gasteiger partial charge in [0.05, 0.1) is 0 Å². The van der Waals surface area contributed by atoms with Gasteiger partial charge in [0.15, 0.2) is 0 Å². The molecule has 2 N–H and O–H groups in total. The van der Waals surface area contributed by atoms with E-state index in [9.17, 15) is 0 Å². The van der Waals surface area contributed by atoms with Crippen molar-refractivity contribution in [3.05, 3.63) is 0 Å². The number of ether oxygens (including phenoxy) is 1. The molecule has 0 amide bonds. The highest BCUT2D eigenvalue weighted by Gasteiger charge is 2.53. The first-order valence-corrected chi connectivity index (χ1v) is 1.63. The Labute approximate surface area is 41.3 Å². The third-order valence-electron chi connectivity index (χ3n) is 0.614. The van der Waals surface area contributed by atoms with E-state index in [0.717, 1.165) is 0 Å². The first kappa shape index (κ1) is 4.95. The largest absolute Gasteiger partial charge is 1.00 e.